The maximum atomic E-state index is 15.4. The lowest BCUT2D eigenvalue weighted by atomic mass is 9.75. The molecule has 3 saturated heterocycles. The summed E-state index contributed by atoms with van der Waals surface area (Å²) in [5.41, 5.74) is 4.77. The minimum atomic E-state index is -0.384. The monoisotopic (exact) mass is 896 g/mol. The average Bonchev–Trinajstić information content (AvgIpc) is 3.99. The van der Waals surface area contributed by atoms with Crippen molar-refractivity contribution in [3.8, 4) is 28.6 Å². The van der Waals surface area contributed by atoms with Crippen molar-refractivity contribution in [3.05, 3.63) is 78.3 Å². The predicted octanol–water partition coefficient (Wildman–Crippen LogP) is 7.40. The zero-order chi connectivity index (χ0) is 46.2. The lowest BCUT2D eigenvalue weighted by Crippen LogP contribution is -2.53. The summed E-state index contributed by atoms with van der Waals surface area (Å²) in [4.78, 5) is 51.7. The summed E-state index contributed by atoms with van der Waals surface area (Å²) in [5, 5.41) is 28.2. The van der Waals surface area contributed by atoms with Gasteiger partial charge in [-0.25, -0.2) is 18.9 Å². The number of fused-ring (bicyclic) bond motifs is 1. The Balaban J connectivity index is 0.804. The van der Waals surface area contributed by atoms with Gasteiger partial charge in [0.2, 0.25) is 17.7 Å². The van der Waals surface area contributed by atoms with Gasteiger partial charge in [-0.3, -0.25) is 24.4 Å². The molecule has 4 fully saturated rings. The van der Waals surface area contributed by atoms with E-state index in [2.05, 4.69) is 54.7 Å². The highest BCUT2D eigenvalue weighted by Gasteiger charge is 2.41. The highest BCUT2D eigenvalue weighted by atomic mass is 19.1. The van der Waals surface area contributed by atoms with Crippen LogP contribution < -0.4 is 20.9 Å². The fourth-order valence-electron chi connectivity index (χ4n) is 10.6. The number of halogens is 1. The first kappa shape index (κ1) is 45.0. The molecule has 4 aliphatic rings. The van der Waals surface area contributed by atoms with Gasteiger partial charge in [0.15, 0.2) is 0 Å². The minimum Gasteiger partial charge on any atom is -0.384 e. The van der Waals surface area contributed by atoms with Gasteiger partial charge in [-0.05, 0) is 134 Å². The topological polar surface area (TPSA) is 178 Å². The first-order chi connectivity index (χ1) is 31.8. The Morgan fingerprint density at radius 2 is 1.68 bits per heavy atom. The van der Waals surface area contributed by atoms with Crippen LogP contribution in [-0.4, -0.2) is 96.3 Å². The highest BCUT2D eigenvalue weighted by Crippen LogP contribution is 2.39. The number of aromatic nitrogens is 6. The molecular weight excluding hydrogens is 836 g/mol. The Morgan fingerprint density at radius 3 is 2.35 bits per heavy atom. The standard InChI is InChI=1S/C50H61FN12O3/c1-5-50(48(66)59-49(2,3)4)18-22-61(23-19-50)43-14-6-33(26-54-43)45-46-35(25-52)28-56-63(46)31-42(57-45)36-29-55-62(30-36)39-11-9-38(10-12-39)60-20-16-32(17-21-60)40-13-8-37(24-41(40)51)53-27-34-7-15-44(64)58-47(34)65/h6,8,13-14,24,26,28-32,34,38-39,53H,5,7,9-12,15-23,27H2,1-4H3,(H,59,66)(H,58,64,65). The Morgan fingerprint density at radius 1 is 0.924 bits per heavy atom. The molecule has 346 valence electrons. The van der Waals surface area contributed by atoms with Crippen LogP contribution in [-0.2, 0) is 14.4 Å². The summed E-state index contributed by atoms with van der Waals surface area (Å²) in [5.74, 6) is 0.109. The third kappa shape index (κ3) is 9.40. The van der Waals surface area contributed by atoms with Crippen molar-refractivity contribution in [2.75, 3.05) is 42.9 Å². The Kier molecular flexibility index (Phi) is 12.7. The molecule has 1 atom stereocenters. The molecule has 15 nitrogen and oxygen atoms in total. The van der Waals surface area contributed by atoms with E-state index in [1.54, 1.807) is 10.7 Å². The molecule has 0 bridgehead atoms. The van der Waals surface area contributed by atoms with Crippen LogP contribution in [0.3, 0.4) is 0 Å². The number of nitrogens with zero attached hydrogens (tertiary/aromatic N) is 9. The van der Waals surface area contributed by atoms with Crippen LogP contribution in [0.15, 0.2) is 61.3 Å². The number of likely N-dealkylation sites (tertiary alicyclic amines) is 1. The molecule has 1 unspecified atom stereocenters. The SMILES string of the molecule is CCC1(C(=O)NC(C)(C)C)CCN(c2ccc(-c3nc(-c4cnn(C5CCC(N6CCC(c7ccc(NCC8CCC(=O)NC8=O)cc7F)CC6)CC5)c4)cn4ncc(C#N)c34)cn2)CC1. The van der Waals surface area contributed by atoms with Crippen molar-refractivity contribution in [1.29, 1.82) is 5.26 Å². The summed E-state index contributed by atoms with van der Waals surface area (Å²) < 4.78 is 19.2. The number of nitriles is 1. The van der Waals surface area contributed by atoms with Crippen molar-refractivity contribution < 1.29 is 18.8 Å². The molecule has 3 N–H and O–H groups in total. The molecule has 3 amide bonds. The molecule has 3 aliphatic heterocycles. The largest absolute Gasteiger partial charge is 0.384 e. The normalized spacial score (nSPS) is 21.9. The minimum absolute atomic E-state index is 0.132. The molecule has 66 heavy (non-hydrogen) atoms. The van der Waals surface area contributed by atoms with Crippen LogP contribution in [0.25, 0.3) is 28.0 Å². The smallest absolute Gasteiger partial charge is 0.231 e. The van der Waals surface area contributed by atoms with Crippen LogP contribution in [0.5, 0.6) is 0 Å². The van der Waals surface area contributed by atoms with Crippen molar-refractivity contribution in [2.45, 2.75) is 122 Å². The number of carbonyl (C=O) groups excluding carboxylic acids is 3. The zero-order valence-corrected chi connectivity index (χ0v) is 38.5. The molecule has 4 aromatic heterocycles. The van der Waals surface area contributed by atoms with Crippen molar-refractivity contribution in [3.63, 3.8) is 0 Å². The van der Waals surface area contributed by atoms with Crippen molar-refractivity contribution in [2.24, 2.45) is 11.3 Å². The van der Waals surface area contributed by atoms with Crippen LogP contribution in [0.2, 0.25) is 0 Å². The predicted molar refractivity (Wildman–Crippen MR) is 250 cm³/mol. The van der Waals surface area contributed by atoms with Crippen LogP contribution in [0.1, 0.15) is 121 Å². The molecule has 1 aromatic carbocycles. The van der Waals surface area contributed by atoms with Gasteiger partial charge in [0.25, 0.3) is 0 Å². The second kappa shape index (κ2) is 18.6. The molecule has 9 rings (SSSR count). The van der Waals surface area contributed by atoms with Crippen LogP contribution >= 0.6 is 0 Å². The molecule has 7 heterocycles. The molecular formula is C50H61FN12O3. The average molecular weight is 897 g/mol. The van der Waals surface area contributed by atoms with E-state index in [-0.39, 0.29) is 52.4 Å². The van der Waals surface area contributed by atoms with E-state index in [9.17, 15) is 19.6 Å². The van der Waals surface area contributed by atoms with Gasteiger partial charge in [0.05, 0.1) is 47.4 Å². The number of anilines is 2. The van der Waals surface area contributed by atoms with Gasteiger partial charge in [-0.2, -0.15) is 15.5 Å². The fourth-order valence-corrected chi connectivity index (χ4v) is 10.6. The van der Waals surface area contributed by atoms with Gasteiger partial charge >= 0.3 is 0 Å². The first-order valence-electron chi connectivity index (χ1n) is 23.8. The summed E-state index contributed by atoms with van der Waals surface area (Å²) >= 11 is 0. The quantitative estimate of drug-likeness (QED) is 0.113. The Bertz CT molecular complexity index is 2620. The van der Waals surface area contributed by atoms with E-state index in [0.717, 1.165) is 106 Å². The summed E-state index contributed by atoms with van der Waals surface area (Å²) in [6.07, 6.45) is 18.3. The molecule has 16 heteroatoms. The summed E-state index contributed by atoms with van der Waals surface area (Å²) in [6.45, 7) is 11.9. The van der Waals surface area contributed by atoms with Crippen LogP contribution in [0, 0.1) is 28.5 Å². The lowest BCUT2D eigenvalue weighted by molar-refractivity contribution is -0.136. The van der Waals surface area contributed by atoms with E-state index in [0.29, 0.717) is 53.6 Å². The summed E-state index contributed by atoms with van der Waals surface area (Å²) in [6, 6.07) is 12.4. The number of benzene rings is 1. The number of imide groups is 1. The zero-order valence-electron chi connectivity index (χ0n) is 38.5. The number of nitrogens with one attached hydrogen (secondary N) is 3. The molecule has 1 aliphatic carbocycles. The number of amides is 3. The second-order valence-electron chi connectivity index (χ2n) is 19.9. The van der Waals surface area contributed by atoms with Gasteiger partial charge in [-0.15, -0.1) is 0 Å². The molecule has 0 spiro atoms. The Labute approximate surface area is 385 Å². The molecule has 1 saturated carbocycles. The maximum Gasteiger partial charge on any atom is 0.231 e. The van der Waals surface area contributed by atoms with E-state index >= 15 is 4.39 Å². The van der Waals surface area contributed by atoms with Gasteiger partial charge in [-0.1, -0.05) is 13.0 Å². The second-order valence-corrected chi connectivity index (χ2v) is 19.9. The number of hydrogen-bond acceptors (Lipinski definition) is 11. The van der Waals surface area contributed by atoms with Crippen LogP contribution in [0.4, 0.5) is 15.9 Å². The first-order valence-corrected chi connectivity index (χ1v) is 23.8. The van der Waals surface area contributed by atoms with E-state index in [4.69, 9.17) is 15.1 Å². The third-order valence-corrected chi connectivity index (χ3v) is 14.7. The number of rotatable bonds is 11. The maximum absolute atomic E-state index is 15.4. The lowest BCUT2D eigenvalue weighted by Gasteiger charge is -2.42. The van der Waals surface area contributed by atoms with Gasteiger partial charge < -0.3 is 20.4 Å². The number of carbonyl (C=O) groups is 3. The fraction of sp³-hybridized carbons (Fsp3) is 0.520. The van der Waals surface area contributed by atoms with Crippen molar-refractivity contribution in [1.82, 2.24) is 44.9 Å². The number of piperidine rings is 3. The van der Waals surface area contributed by atoms with E-state index in [1.807, 2.05) is 63.6 Å². The molecule has 5 aromatic rings. The van der Waals surface area contributed by atoms with E-state index < -0.39 is 0 Å². The number of pyridine rings is 1. The van der Waals surface area contributed by atoms with E-state index in [1.165, 1.54) is 6.07 Å². The highest BCUT2D eigenvalue weighted by molar-refractivity contribution is 5.98. The molecule has 0 radical (unpaired) electrons. The van der Waals surface area contributed by atoms with Gasteiger partial charge in [0.1, 0.15) is 28.8 Å². The Hall–Kier alpha value is -6.21. The summed E-state index contributed by atoms with van der Waals surface area (Å²) in [7, 11) is 0. The third-order valence-electron chi connectivity index (χ3n) is 14.7. The number of hydrogen-bond donors (Lipinski definition) is 3. The van der Waals surface area contributed by atoms with Crippen molar-refractivity contribution >= 4 is 34.7 Å². The van der Waals surface area contributed by atoms with Gasteiger partial charge in [0, 0.05) is 66.8 Å².